The first kappa shape index (κ1) is 18.3. The molecule has 4 heterocycles. The molecule has 0 bridgehead atoms. The van der Waals surface area contributed by atoms with Gasteiger partial charge in [-0.05, 0) is 44.1 Å². The minimum absolute atomic E-state index is 0.0884. The SMILES string of the molecule is FC(F)(F)c1cc2c(N[C@H]3c4ccccc4OC[C@@H]3N3CCCC3)nccc2[nH]1. The lowest BCUT2D eigenvalue weighted by Crippen LogP contribution is -2.47. The van der Waals surface area contributed by atoms with Crippen molar-refractivity contribution >= 4 is 16.7 Å². The fraction of sp³-hybridized carbons (Fsp3) is 0.381. The van der Waals surface area contributed by atoms with Crippen LogP contribution in [0.3, 0.4) is 0 Å². The van der Waals surface area contributed by atoms with Crippen LogP contribution in [0, 0.1) is 0 Å². The Bertz CT molecular complexity index is 1030. The number of H-pyrrole nitrogens is 1. The van der Waals surface area contributed by atoms with Crippen LogP contribution in [0.5, 0.6) is 5.75 Å². The molecule has 0 unspecified atom stereocenters. The van der Waals surface area contributed by atoms with Crippen molar-refractivity contribution in [1.82, 2.24) is 14.9 Å². The summed E-state index contributed by atoms with van der Waals surface area (Å²) in [5.41, 5.74) is 0.640. The van der Waals surface area contributed by atoms with Gasteiger partial charge < -0.3 is 15.0 Å². The van der Waals surface area contributed by atoms with Gasteiger partial charge in [0.25, 0.3) is 0 Å². The molecular formula is C21H21F3N4O. The lowest BCUT2D eigenvalue weighted by Gasteiger charge is -2.39. The molecule has 5 rings (SSSR count). The number of nitrogens with zero attached hydrogens (tertiary/aromatic N) is 2. The summed E-state index contributed by atoms with van der Waals surface area (Å²) in [7, 11) is 0. The van der Waals surface area contributed by atoms with Crippen molar-refractivity contribution in [2.45, 2.75) is 31.1 Å². The van der Waals surface area contributed by atoms with Crippen LogP contribution in [0.2, 0.25) is 0 Å². The highest BCUT2D eigenvalue weighted by Gasteiger charge is 2.37. The third-order valence-corrected chi connectivity index (χ3v) is 5.80. The van der Waals surface area contributed by atoms with Crippen LogP contribution in [0.15, 0.2) is 42.6 Å². The monoisotopic (exact) mass is 402 g/mol. The Morgan fingerprint density at radius 2 is 1.93 bits per heavy atom. The highest BCUT2D eigenvalue weighted by Crippen LogP contribution is 2.39. The first-order valence-electron chi connectivity index (χ1n) is 9.78. The number of likely N-dealkylation sites (tertiary alicyclic amines) is 1. The molecule has 1 fully saturated rings. The molecule has 8 heteroatoms. The van der Waals surface area contributed by atoms with E-state index in [1.54, 1.807) is 6.07 Å². The molecule has 2 aliphatic rings. The summed E-state index contributed by atoms with van der Waals surface area (Å²) in [6.45, 7) is 2.52. The van der Waals surface area contributed by atoms with E-state index in [0.29, 0.717) is 23.3 Å². The lowest BCUT2D eigenvalue weighted by atomic mass is 9.95. The third-order valence-electron chi connectivity index (χ3n) is 5.80. The molecule has 0 spiro atoms. The maximum absolute atomic E-state index is 13.2. The fourth-order valence-corrected chi connectivity index (χ4v) is 4.38. The largest absolute Gasteiger partial charge is 0.491 e. The molecule has 2 atom stereocenters. The highest BCUT2D eigenvalue weighted by molar-refractivity contribution is 5.90. The lowest BCUT2D eigenvalue weighted by molar-refractivity contribution is -0.140. The molecule has 3 aromatic rings. The van der Waals surface area contributed by atoms with E-state index in [1.807, 2.05) is 24.3 Å². The minimum Gasteiger partial charge on any atom is -0.491 e. The number of rotatable bonds is 3. The Hall–Kier alpha value is -2.74. The smallest absolute Gasteiger partial charge is 0.431 e. The van der Waals surface area contributed by atoms with Crippen molar-refractivity contribution in [1.29, 1.82) is 0 Å². The quantitative estimate of drug-likeness (QED) is 0.673. The number of benzene rings is 1. The molecular weight excluding hydrogens is 381 g/mol. The van der Waals surface area contributed by atoms with Crippen LogP contribution in [-0.4, -0.2) is 40.6 Å². The maximum Gasteiger partial charge on any atom is 0.431 e. The number of nitrogens with one attached hydrogen (secondary N) is 2. The van der Waals surface area contributed by atoms with Crippen LogP contribution < -0.4 is 10.1 Å². The number of anilines is 1. The number of fused-ring (bicyclic) bond motifs is 2. The summed E-state index contributed by atoms with van der Waals surface area (Å²) in [6.07, 6.45) is -0.617. The summed E-state index contributed by atoms with van der Waals surface area (Å²) in [5, 5.41) is 3.89. The van der Waals surface area contributed by atoms with Gasteiger partial charge in [0.05, 0.1) is 17.6 Å². The van der Waals surface area contributed by atoms with Gasteiger partial charge in [0, 0.05) is 17.1 Å². The van der Waals surface area contributed by atoms with E-state index < -0.39 is 11.9 Å². The minimum atomic E-state index is -4.43. The average Bonchev–Trinajstić information content (AvgIpc) is 3.38. The molecule has 5 nitrogen and oxygen atoms in total. The molecule has 2 aliphatic heterocycles. The molecule has 0 aliphatic carbocycles. The molecule has 0 saturated carbocycles. The topological polar surface area (TPSA) is 53.2 Å². The standard InChI is InChI=1S/C21H21F3N4O/c22-21(23,24)18-11-14-15(26-18)7-8-25-20(14)27-19-13-5-1-2-6-17(13)29-12-16(19)28-9-3-4-10-28/h1-2,5-8,11,16,19,26H,3-4,9-10,12H2,(H,25,27)/t16-,19-/m0/s1. The second-order valence-corrected chi connectivity index (χ2v) is 7.58. The van der Waals surface area contributed by atoms with E-state index in [1.165, 1.54) is 6.20 Å². The highest BCUT2D eigenvalue weighted by atomic mass is 19.4. The Labute approximate surface area is 165 Å². The van der Waals surface area contributed by atoms with E-state index in [9.17, 15) is 13.2 Å². The number of hydrogen-bond acceptors (Lipinski definition) is 4. The molecule has 1 saturated heterocycles. The van der Waals surface area contributed by atoms with Crippen molar-refractivity contribution in [2.24, 2.45) is 0 Å². The summed E-state index contributed by atoms with van der Waals surface area (Å²) >= 11 is 0. The molecule has 1 aromatic carbocycles. The van der Waals surface area contributed by atoms with Gasteiger partial charge >= 0.3 is 6.18 Å². The molecule has 152 valence electrons. The predicted octanol–water partition coefficient (Wildman–Crippen LogP) is 4.59. The number of pyridine rings is 1. The normalized spacial score (nSPS) is 22.4. The van der Waals surface area contributed by atoms with Crippen molar-refractivity contribution < 1.29 is 17.9 Å². The van der Waals surface area contributed by atoms with Gasteiger partial charge in [-0.15, -0.1) is 0 Å². The maximum atomic E-state index is 13.2. The average molecular weight is 402 g/mol. The number of aromatic amines is 1. The summed E-state index contributed by atoms with van der Waals surface area (Å²) in [5.74, 6) is 1.25. The van der Waals surface area contributed by atoms with Crippen LogP contribution in [-0.2, 0) is 6.18 Å². The van der Waals surface area contributed by atoms with Crippen molar-refractivity contribution in [3.05, 3.63) is 53.9 Å². The molecule has 0 radical (unpaired) electrons. The zero-order valence-corrected chi connectivity index (χ0v) is 15.7. The number of alkyl halides is 3. The van der Waals surface area contributed by atoms with Crippen molar-refractivity contribution in [3.8, 4) is 5.75 Å². The van der Waals surface area contributed by atoms with E-state index >= 15 is 0 Å². The van der Waals surface area contributed by atoms with E-state index in [2.05, 4.69) is 20.2 Å². The molecule has 2 aromatic heterocycles. The third kappa shape index (κ3) is 3.31. The zero-order valence-electron chi connectivity index (χ0n) is 15.7. The second-order valence-electron chi connectivity index (χ2n) is 7.58. The number of aromatic nitrogens is 2. The fourth-order valence-electron chi connectivity index (χ4n) is 4.38. The molecule has 29 heavy (non-hydrogen) atoms. The Kier molecular flexibility index (Phi) is 4.38. The van der Waals surface area contributed by atoms with Gasteiger partial charge in [0.2, 0.25) is 0 Å². The van der Waals surface area contributed by atoms with Crippen LogP contribution >= 0.6 is 0 Å². The first-order chi connectivity index (χ1) is 14.0. The summed E-state index contributed by atoms with van der Waals surface area (Å²) < 4.78 is 45.5. The number of para-hydroxylation sites is 1. The Balaban J connectivity index is 1.55. The Morgan fingerprint density at radius 3 is 2.72 bits per heavy atom. The summed E-state index contributed by atoms with van der Waals surface area (Å²) in [4.78, 5) is 9.23. The van der Waals surface area contributed by atoms with Gasteiger partial charge in [0.15, 0.2) is 0 Å². The van der Waals surface area contributed by atoms with Gasteiger partial charge in [-0.1, -0.05) is 18.2 Å². The predicted molar refractivity (Wildman–Crippen MR) is 104 cm³/mol. The Morgan fingerprint density at radius 1 is 1.14 bits per heavy atom. The first-order valence-corrected chi connectivity index (χ1v) is 9.78. The second kappa shape index (κ2) is 6.95. The van der Waals surface area contributed by atoms with Gasteiger partial charge in [-0.25, -0.2) is 4.98 Å². The molecule has 2 N–H and O–H groups in total. The van der Waals surface area contributed by atoms with Crippen LogP contribution in [0.4, 0.5) is 19.0 Å². The van der Waals surface area contributed by atoms with Gasteiger partial charge in [-0.3, -0.25) is 4.90 Å². The number of hydrogen-bond donors (Lipinski definition) is 2. The van der Waals surface area contributed by atoms with Crippen LogP contribution in [0.1, 0.15) is 30.1 Å². The van der Waals surface area contributed by atoms with Crippen LogP contribution in [0.25, 0.3) is 10.9 Å². The zero-order chi connectivity index (χ0) is 20.0. The van der Waals surface area contributed by atoms with E-state index in [4.69, 9.17) is 4.74 Å². The van der Waals surface area contributed by atoms with Crippen molar-refractivity contribution in [2.75, 3.05) is 25.0 Å². The van der Waals surface area contributed by atoms with E-state index in [-0.39, 0.29) is 12.1 Å². The number of ether oxygens (including phenoxy) is 1. The van der Waals surface area contributed by atoms with Crippen molar-refractivity contribution in [3.63, 3.8) is 0 Å². The van der Waals surface area contributed by atoms with Gasteiger partial charge in [-0.2, -0.15) is 13.2 Å². The number of halogens is 3. The van der Waals surface area contributed by atoms with E-state index in [0.717, 1.165) is 43.3 Å². The summed E-state index contributed by atoms with van der Waals surface area (Å²) in [6, 6.07) is 10.5. The molecule has 0 amide bonds. The van der Waals surface area contributed by atoms with Gasteiger partial charge in [0.1, 0.15) is 23.9 Å².